The Hall–Kier alpha value is -4.87. The van der Waals surface area contributed by atoms with Crippen molar-refractivity contribution in [3.05, 3.63) is 119 Å². The van der Waals surface area contributed by atoms with E-state index in [9.17, 15) is 15.2 Å². The number of ether oxygens (including phenoxy) is 4. The van der Waals surface area contributed by atoms with Crippen LogP contribution in [0.1, 0.15) is 57.2 Å². The zero-order valence-corrected chi connectivity index (χ0v) is 32.7. The number of aromatic nitrogens is 4. The highest BCUT2D eigenvalue weighted by atomic mass is 31.2. The van der Waals surface area contributed by atoms with Gasteiger partial charge < -0.3 is 33.6 Å². The molecule has 55 heavy (non-hydrogen) atoms. The van der Waals surface area contributed by atoms with E-state index in [0.717, 1.165) is 16.7 Å². The van der Waals surface area contributed by atoms with Crippen LogP contribution in [0.2, 0.25) is 0 Å². The zero-order valence-electron chi connectivity index (χ0n) is 31.8. The van der Waals surface area contributed by atoms with Gasteiger partial charge in [-0.25, -0.2) is 14.6 Å². The Morgan fingerprint density at radius 2 is 1.56 bits per heavy atom. The van der Waals surface area contributed by atoms with E-state index in [1.165, 1.54) is 17.2 Å². The summed E-state index contributed by atoms with van der Waals surface area (Å²) in [5, 5.41) is 21.6. The summed E-state index contributed by atoms with van der Waals surface area (Å²) in [4.78, 5) is 24.2. The number of hydrogen-bond acceptors (Lipinski definition) is 11. The number of imidazole rings is 1. The number of aliphatic hydroxyl groups excluding tert-OH is 1. The van der Waals surface area contributed by atoms with Gasteiger partial charge in [-0.3, -0.25) is 13.9 Å². The molecule has 4 atom stereocenters. The van der Waals surface area contributed by atoms with E-state index < -0.39 is 36.4 Å². The molecule has 0 spiro atoms. The van der Waals surface area contributed by atoms with Crippen LogP contribution in [0.25, 0.3) is 11.2 Å². The zero-order chi connectivity index (χ0) is 39.4. The molecule has 1 unspecified atom stereocenters. The minimum Gasteiger partial charge on any atom is -0.497 e. The lowest BCUT2D eigenvalue weighted by Crippen LogP contribution is -2.46. The summed E-state index contributed by atoms with van der Waals surface area (Å²) in [6.07, 6.45) is -0.0769. The van der Waals surface area contributed by atoms with Crippen molar-refractivity contribution in [3.63, 3.8) is 0 Å². The summed E-state index contributed by atoms with van der Waals surface area (Å²) in [6.45, 7) is 7.15. The van der Waals surface area contributed by atoms with Gasteiger partial charge in [-0.1, -0.05) is 54.6 Å². The number of hydrogen-bond donors (Lipinski definition) is 2. The van der Waals surface area contributed by atoms with Crippen LogP contribution in [0.3, 0.4) is 0 Å². The third-order valence-electron chi connectivity index (χ3n) is 9.88. The van der Waals surface area contributed by atoms with E-state index in [2.05, 4.69) is 21.0 Å². The first-order chi connectivity index (χ1) is 26.4. The third kappa shape index (κ3) is 7.20. The van der Waals surface area contributed by atoms with Gasteiger partial charge in [0.25, 0.3) is 5.56 Å². The molecule has 1 saturated heterocycles. The third-order valence-corrected chi connectivity index (χ3v) is 13.3. The average Bonchev–Trinajstić information content (AvgIpc) is 3.78. The van der Waals surface area contributed by atoms with Gasteiger partial charge in [-0.05, 0) is 68.7 Å². The second kappa shape index (κ2) is 16.5. The maximum absolute atomic E-state index is 16.0. The number of methoxy groups -OCH3 is 2. The van der Waals surface area contributed by atoms with Crippen molar-refractivity contribution in [2.45, 2.75) is 75.9 Å². The lowest BCUT2D eigenvalue weighted by Gasteiger charge is -2.46. The summed E-state index contributed by atoms with van der Waals surface area (Å²) < 4.78 is 50.6. The maximum atomic E-state index is 16.0. The van der Waals surface area contributed by atoms with E-state index in [-0.39, 0.29) is 49.3 Å². The first-order valence-corrected chi connectivity index (χ1v) is 19.7. The van der Waals surface area contributed by atoms with Gasteiger partial charge in [0, 0.05) is 18.5 Å². The highest BCUT2D eigenvalue weighted by molar-refractivity contribution is 7.57. The number of aliphatic hydroxyl groups is 1. The summed E-state index contributed by atoms with van der Waals surface area (Å²) in [5.74, 6) is 1.32. The quantitative estimate of drug-likeness (QED) is 0.0667. The summed E-state index contributed by atoms with van der Waals surface area (Å²) in [6, 6.07) is 26.2. The number of nitriles is 1. The van der Waals surface area contributed by atoms with Crippen molar-refractivity contribution >= 4 is 18.7 Å². The maximum Gasteiger partial charge on any atom is 0.325 e. The first kappa shape index (κ1) is 39.8. The van der Waals surface area contributed by atoms with Crippen LogP contribution < -0.4 is 15.0 Å². The van der Waals surface area contributed by atoms with Crippen molar-refractivity contribution < 1.29 is 33.1 Å². The molecule has 5 aromatic rings. The number of rotatable bonds is 16. The van der Waals surface area contributed by atoms with Crippen molar-refractivity contribution in [2.24, 2.45) is 0 Å². The van der Waals surface area contributed by atoms with Crippen molar-refractivity contribution in [2.75, 3.05) is 27.4 Å². The minimum absolute atomic E-state index is 0.00834. The van der Waals surface area contributed by atoms with Crippen LogP contribution in [0, 0.1) is 11.3 Å². The number of H-pyrrole nitrogens is 1. The van der Waals surface area contributed by atoms with E-state index in [1.54, 1.807) is 18.9 Å². The lowest BCUT2D eigenvalue weighted by molar-refractivity contribution is -0.113. The second-order valence-electron chi connectivity index (χ2n) is 13.8. The molecule has 1 aliphatic rings. The van der Waals surface area contributed by atoms with Crippen LogP contribution >= 0.6 is 7.52 Å². The van der Waals surface area contributed by atoms with E-state index in [0.29, 0.717) is 11.5 Å². The molecular formula is C40H47N6O8P. The Morgan fingerprint density at radius 3 is 2.11 bits per heavy atom. The molecule has 6 rings (SSSR count). The molecule has 2 N–H and O–H groups in total. The van der Waals surface area contributed by atoms with E-state index in [1.807, 2.05) is 107 Å². The molecule has 3 aromatic carbocycles. The summed E-state index contributed by atoms with van der Waals surface area (Å²) in [7, 11) is -1.10. The van der Waals surface area contributed by atoms with Crippen LogP contribution in [-0.2, 0) is 29.6 Å². The molecule has 3 heterocycles. The molecular weight excluding hydrogens is 723 g/mol. The van der Waals surface area contributed by atoms with Crippen LogP contribution in [0.4, 0.5) is 0 Å². The highest BCUT2D eigenvalue weighted by Gasteiger charge is 2.64. The van der Waals surface area contributed by atoms with Gasteiger partial charge in [0.05, 0.1) is 52.4 Å². The Morgan fingerprint density at radius 1 is 0.982 bits per heavy atom. The molecule has 0 radical (unpaired) electrons. The van der Waals surface area contributed by atoms with Gasteiger partial charge >= 0.3 is 7.52 Å². The Balaban J connectivity index is 1.52. The van der Waals surface area contributed by atoms with Gasteiger partial charge in [0.15, 0.2) is 11.2 Å². The van der Waals surface area contributed by atoms with Crippen molar-refractivity contribution in [3.8, 4) is 17.6 Å². The smallest absolute Gasteiger partial charge is 0.325 e. The SMILES string of the molecule is COc1ccc(C(OC[C@H]2O[C@](n3cnc4c(=O)[nH]cnc43)(P(=O)(OCCC#N)N(C(C)C)C(C)C)C[C@@H]2O)(c2ccccc2)c2ccc(OC)cc2)cc1. The topological polar surface area (TPSA) is 174 Å². The number of nitrogens with zero attached hydrogens (tertiary/aromatic N) is 5. The molecule has 290 valence electrons. The van der Waals surface area contributed by atoms with E-state index >= 15 is 4.57 Å². The van der Waals surface area contributed by atoms with Gasteiger partial charge in [-0.15, -0.1) is 0 Å². The van der Waals surface area contributed by atoms with Gasteiger partial charge in [-0.2, -0.15) is 5.26 Å². The minimum atomic E-state index is -4.30. The lowest BCUT2D eigenvalue weighted by atomic mass is 9.80. The summed E-state index contributed by atoms with van der Waals surface area (Å²) in [5.41, 5.74) is -1.31. The highest BCUT2D eigenvalue weighted by Crippen LogP contribution is 2.70. The molecule has 15 heteroatoms. The monoisotopic (exact) mass is 770 g/mol. The number of fused-ring (bicyclic) bond motifs is 1. The fourth-order valence-corrected chi connectivity index (χ4v) is 10.9. The Kier molecular flexibility index (Phi) is 11.9. The van der Waals surface area contributed by atoms with Crippen molar-refractivity contribution in [1.82, 2.24) is 24.2 Å². The normalized spacial score (nSPS) is 19.9. The standard InChI is InChI=1S/C40H47N6O8P/c1-27(2)46(28(3)4)55(49,53-22-10-21-41)39(45-26-44-36-37(45)42-25-43-38(36)48)23-34(47)35(54-39)24-52-40(29-11-8-7-9-12-29,30-13-17-32(50-5)18-14-30)31-15-19-33(51-6)20-16-31/h7-9,11-20,25-28,34-35,47H,10,22-24H2,1-6H3,(H,42,43,48)/t34-,35+,39-,55?/m0/s1. The second-order valence-corrected chi connectivity index (χ2v) is 16.3. The predicted molar refractivity (Wildman–Crippen MR) is 206 cm³/mol. The number of nitrogens with one attached hydrogen (secondary N) is 1. The Bertz CT molecular complexity index is 2150. The molecule has 1 fully saturated rings. The molecule has 0 aliphatic carbocycles. The largest absolute Gasteiger partial charge is 0.497 e. The van der Waals surface area contributed by atoms with Gasteiger partial charge in [0.1, 0.15) is 29.5 Å². The number of aromatic amines is 1. The van der Waals surface area contributed by atoms with Gasteiger partial charge in [0.2, 0.25) is 5.47 Å². The molecule has 2 aromatic heterocycles. The van der Waals surface area contributed by atoms with E-state index in [4.69, 9.17) is 23.5 Å². The fraction of sp³-hybridized carbons (Fsp3) is 0.400. The average molecular weight is 771 g/mol. The van der Waals surface area contributed by atoms with Crippen LogP contribution in [0.15, 0.2) is 96.3 Å². The summed E-state index contributed by atoms with van der Waals surface area (Å²) >= 11 is 0. The van der Waals surface area contributed by atoms with Crippen LogP contribution in [-0.4, -0.2) is 81.0 Å². The Labute approximate surface area is 320 Å². The van der Waals surface area contributed by atoms with Crippen molar-refractivity contribution in [1.29, 1.82) is 5.26 Å². The number of benzene rings is 3. The molecule has 14 nitrogen and oxygen atoms in total. The molecule has 0 bridgehead atoms. The predicted octanol–water partition coefficient (Wildman–Crippen LogP) is 6.15. The fourth-order valence-electron chi connectivity index (χ4n) is 7.54. The molecule has 0 amide bonds. The first-order valence-electron chi connectivity index (χ1n) is 18.1. The molecule has 0 saturated carbocycles. The molecule has 1 aliphatic heterocycles. The van der Waals surface area contributed by atoms with Crippen LogP contribution in [0.5, 0.6) is 11.5 Å².